The van der Waals surface area contributed by atoms with Gasteiger partial charge in [0.15, 0.2) is 11.6 Å². The van der Waals surface area contributed by atoms with Crippen LogP contribution in [0.1, 0.15) is 25.3 Å². The molecule has 0 radical (unpaired) electrons. The van der Waals surface area contributed by atoms with Crippen LogP contribution >= 0.6 is 0 Å². The van der Waals surface area contributed by atoms with Crippen LogP contribution in [0, 0.1) is 5.82 Å². The number of benzene rings is 1. The molecule has 0 fully saturated rings. The van der Waals surface area contributed by atoms with Crippen LogP contribution in [-0.2, 0) is 9.53 Å². The smallest absolute Gasteiger partial charge is 0.338 e. The van der Waals surface area contributed by atoms with E-state index in [0.717, 1.165) is 5.57 Å². The zero-order valence-corrected chi connectivity index (χ0v) is 13.6. The summed E-state index contributed by atoms with van der Waals surface area (Å²) in [6, 6.07) is 4.28. The third-order valence-corrected chi connectivity index (χ3v) is 3.45. The Morgan fingerprint density at radius 3 is 2.62 bits per heavy atom. The second-order valence-electron chi connectivity index (χ2n) is 5.32. The molecule has 0 amide bonds. The van der Waals surface area contributed by atoms with Gasteiger partial charge in [-0.1, -0.05) is 24.8 Å². The van der Waals surface area contributed by atoms with E-state index in [0.29, 0.717) is 12.0 Å². The highest BCUT2D eigenvalue weighted by Gasteiger charge is 2.13. The molecule has 1 aromatic rings. The number of halogens is 2. The van der Waals surface area contributed by atoms with E-state index in [2.05, 4.69) is 6.58 Å². The fourth-order valence-corrected chi connectivity index (χ4v) is 2.14. The molecule has 24 heavy (non-hydrogen) atoms. The van der Waals surface area contributed by atoms with Crippen molar-refractivity contribution in [3.05, 3.63) is 71.5 Å². The minimum Gasteiger partial charge on any atom is -0.494 e. The molecule has 0 saturated carbocycles. The highest BCUT2D eigenvalue weighted by Crippen LogP contribution is 2.27. The highest BCUT2D eigenvalue weighted by molar-refractivity contribution is 5.88. The number of ether oxygens (including phenoxy) is 2. The number of methoxy groups -OCH3 is 1. The molecular weight excluding hydrogens is 314 g/mol. The number of esters is 1. The maximum atomic E-state index is 14.2. The van der Waals surface area contributed by atoms with Crippen molar-refractivity contribution in [1.29, 1.82) is 0 Å². The lowest BCUT2D eigenvalue weighted by Crippen LogP contribution is -2.09. The number of carbonyl (C=O) groups is 1. The molecule has 1 aliphatic carbocycles. The Kier molecular flexibility index (Phi) is 5.68. The first kappa shape index (κ1) is 17.7. The maximum Gasteiger partial charge on any atom is 0.338 e. The Bertz CT molecular complexity index is 758. The Morgan fingerprint density at radius 1 is 1.25 bits per heavy atom. The Labute approximate surface area is 139 Å². The van der Waals surface area contributed by atoms with Gasteiger partial charge in [-0.15, -0.1) is 0 Å². The molecule has 1 aliphatic rings. The van der Waals surface area contributed by atoms with Crippen molar-refractivity contribution in [3.8, 4) is 5.75 Å². The molecule has 0 saturated heterocycles. The lowest BCUT2D eigenvalue weighted by molar-refractivity contribution is -0.130. The van der Waals surface area contributed by atoms with Crippen molar-refractivity contribution in [3.63, 3.8) is 0 Å². The first-order valence-electron chi connectivity index (χ1n) is 7.41. The monoisotopic (exact) mass is 332 g/mol. The van der Waals surface area contributed by atoms with Crippen LogP contribution in [0.2, 0.25) is 0 Å². The van der Waals surface area contributed by atoms with Gasteiger partial charge in [-0.3, -0.25) is 0 Å². The summed E-state index contributed by atoms with van der Waals surface area (Å²) in [6.45, 7) is 4.94. The first-order valence-corrected chi connectivity index (χ1v) is 7.41. The maximum absolute atomic E-state index is 14.2. The number of rotatable bonds is 4. The second kappa shape index (κ2) is 7.73. The molecule has 1 aromatic carbocycles. The summed E-state index contributed by atoms with van der Waals surface area (Å²) in [5, 5.41) is 0. The van der Waals surface area contributed by atoms with Crippen LogP contribution in [0.3, 0.4) is 0 Å². The summed E-state index contributed by atoms with van der Waals surface area (Å²) in [4.78, 5) is 11.5. The average Bonchev–Trinajstić information content (AvgIpc) is 2.53. The van der Waals surface area contributed by atoms with Crippen molar-refractivity contribution >= 4 is 11.5 Å². The molecule has 0 bridgehead atoms. The van der Waals surface area contributed by atoms with E-state index in [4.69, 9.17) is 9.47 Å². The fraction of sp³-hybridized carbons (Fsp3) is 0.211. The number of allylic oxidation sites excluding steroid dienone is 5. The van der Waals surface area contributed by atoms with Gasteiger partial charge in [0.2, 0.25) is 0 Å². The highest BCUT2D eigenvalue weighted by atomic mass is 19.1. The van der Waals surface area contributed by atoms with Crippen molar-refractivity contribution < 1.29 is 23.0 Å². The minimum absolute atomic E-state index is 0.160. The van der Waals surface area contributed by atoms with Gasteiger partial charge >= 0.3 is 5.97 Å². The van der Waals surface area contributed by atoms with Crippen molar-refractivity contribution in [2.45, 2.75) is 19.8 Å². The zero-order valence-electron chi connectivity index (χ0n) is 13.6. The van der Waals surface area contributed by atoms with Gasteiger partial charge in [0.05, 0.1) is 7.11 Å². The van der Waals surface area contributed by atoms with Crippen LogP contribution in [0.25, 0.3) is 5.57 Å². The van der Waals surface area contributed by atoms with Crippen LogP contribution < -0.4 is 4.74 Å². The van der Waals surface area contributed by atoms with E-state index in [1.165, 1.54) is 32.2 Å². The SMILES string of the molecule is C=C(C)C(=O)Oc1ccc(C2=CCC/C(F)=C(\OC)C=C2)cc1F. The first-order chi connectivity index (χ1) is 11.4. The Balaban J connectivity index is 2.27. The lowest BCUT2D eigenvalue weighted by atomic mass is 10.0. The van der Waals surface area contributed by atoms with Gasteiger partial charge in [-0.05, 0) is 42.7 Å². The molecule has 2 rings (SSSR count). The van der Waals surface area contributed by atoms with E-state index in [1.54, 1.807) is 12.1 Å². The summed E-state index contributed by atoms with van der Waals surface area (Å²) in [7, 11) is 1.40. The quantitative estimate of drug-likeness (QED) is 0.448. The van der Waals surface area contributed by atoms with E-state index < -0.39 is 11.8 Å². The van der Waals surface area contributed by atoms with E-state index in [1.807, 2.05) is 6.08 Å². The fourth-order valence-electron chi connectivity index (χ4n) is 2.14. The standard InChI is InChI=1S/C19H18F2O3/c1-12(2)19(22)24-18-10-8-14(11-16(18)21)13-5-4-6-15(20)17(23-3)9-7-13/h5,7-11H,1,4,6H2,2-3H3/b9-7?,13-5?,17-15+. The average molecular weight is 332 g/mol. The van der Waals surface area contributed by atoms with Crippen LogP contribution in [-0.4, -0.2) is 13.1 Å². The molecule has 0 aromatic heterocycles. The summed E-state index contributed by atoms with van der Waals surface area (Å²) in [5.74, 6) is -1.67. The van der Waals surface area contributed by atoms with Gasteiger partial charge in [-0.2, -0.15) is 0 Å². The summed E-state index contributed by atoms with van der Waals surface area (Å²) in [6.07, 6.45) is 5.66. The lowest BCUT2D eigenvalue weighted by Gasteiger charge is -2.11. The largest absolute Gasteiger partial charge is 0.494 e. The topological polar surface area (TPSA) is 35.5 Å². The summed E-state index contributed by atoms with van der Waals surface area (Å²) < 4.78 is 37.7. The molecular formula is C19H18F2O3. The number of hydrogen-bond acceptors (Lipinski definition) is 3. The van der Waals surface area contributed by atoms with Gasteiger partial charge in [0.25, 0.3) is 0 Å². The minimum atomic E-state index is -0.683. The molecule has 5 heteroatoms. The third kappa shape index (κ3) is 4.19. The second-order valence-corrected chi connectivity index (χ2v) is 5.32. The summed E-state index contributed by atoms with van der Waals surface area (Å²) in [5.41, 5.74) is 1.51. The van der Waals surface area contributed by atoms with Crippen LogP contribution in [0.5, 0.6) is 5.75 Å². The van der Waals surface area contributed by atoms with Gasteiger partial charge in [-0.25, -0.2) is 13.6 Å². The number of carbonyl (C=O) groups excluding carboxylic acids is 1. The Hall–Kier alpha value is -2.69. The van der Waals surface area contributed by atoms with E-state index >= 15 is 0 Å². The third-order valence-electron chi connectivity index (χ3n) is 3.45. The molecule has 126 valence electrons. The predicted octanol–water partition coefficient (Wildman–Crippen LogP) is 4.87. The zero-order chi connectivity index (χ0) is 17.7. The predicted molar refractivity (Wildman–Crippen MR) is 88.3 cm³/mol. The molecule has 3 nitrogen and oxygen atoms in total. The summed E-state index contributed by atoms with van der Waals surface area (Å²) >= 11 is 0. The number of hydrogen-bond donors (Lipinski definition) is 0. The molecule has 0 spiro atoms. The van der Waals surface area contributed by atoms with Crippen molar-refractivity contribution in [2.24, 2.45) is 0 Å². The van der Waals surface area contributed by atoms with E-state index in [9.17, 15) is 13.6 Å². The normalized spacial score (nSPS) is 17.6. The van der Waals surface area contributed by atoms with Crippen molar-refractivity contribution in [1.82, 2.24) is 0 Å². The molecule has 0 N–H and O–H groups in total. The van der Waals surface area contributed by atoms with E-state index in [-0.39, 0.29) is 29.3 Å². The van der Waals surface area contributed by atoms with Gasteiger partial charge in [0, 0.05) is 12.0 Å². The Morgan fingerprint density at radius 2 is 2.00 bits per heavy atom. The van der Waals surface area contributed by atoms with Crippen LogP contribution in [0.4, 0.5) is 8.78 Å². The van der Waals surface area contributed by atoms with Crippen molar-refractivity contribution in [2.75, 3.05) is 7.11 Å². The molecule has 0 aliphatic heterocycles. The van der Waals surface area contributed by atoms with Gasteiger partial charge < -0.3 is 9.47 Å². The molecule has 0 unspecified atom stereocenters. The van der Waals surface area contributed by atoms with Crippen LogP contribution in [0.15, 0.2) is 60.2 Å². The molecule has 0 atom stereocenters. The van der Waals surface area contributed by atoms with Gasteiger partial charge in [0.1, 0.15) is 11.6 Å². The molecule has 0 heterocycles.